The molecule has 0 spiro atoms. The Labute approximate surface area is 137 Å². The molecule has 0 radical (unpaired) electrons. The molecule has 1 aliphatic carbocycles. The van der Waals surface area contributed by atoms with Crippen LogP contribution in [0.1, 0.15) is 37.4 Å². The Morgan fingerprint density at radius 2 is 2.00 bits per heavy atom. The molecule has 0 saturated heterocycles. The van der Waals surface area contributed by atoms with Crippen LogP contribution in [0.5, 0.6) is 0 Å². The van der Waals surface area contributed by atoms with Gasteiger partial charge >= 0.3 is 0 Å². The van der Waals surface area contributed by atoms with E-state index in [4.69, 9.17) is 4.74 Å². The van der Waals surface area contributed by atoms with Crippen LogP contribution in [0.4, 0.5) is 0 Å². The van der Waals surface area contributed by atoms with E-state index in [1.54, 1.807) is 0 Å². The van der Waals surface area contributed by atoms with Crippen LogP contribution in [0.25, 0.3) is 0 Å². The van der Waals surface area contributed by atoms with Crippen LogP contribution in [0.2, 0.25) is 0 Å². The van der Waals surface area contributed by atoms with Gasteiger partial charge in [0.15, 0.2) is 0 Å². The number of benzene rings is 1. The summed E-state index contributed by atoms with van der Waals surface area (Å²) in [7, 11) is 1.89. The second-order valence-electron chi connectivity index (χ2n) is 6.14. The molecular formula is C18H23N3O2. The minimum atomic E-state index is 0.100. The molecule has 1 aromatic rings. The van der Waals surface area contributed by atoms with Crippen molar-refractivity contribution in [1.82, 2.24) is 9.80 Å². The predicted octanol–water partition coefficient (Wildman–Crippen LogP) is 4.18. The molecule has 1 aliphatic heterocycles. The average Bonchev–Trinajstić information content (AvgIpc) is 3.21. The Kier molecular flexibility index (Phi) is 5.08. The fourth-order valence-electron chi connectivity index (χ4n) is 3.43. The molecular weight excluding hydrogens is 290 g/mol. The van der Waals surface area contributed by atoms with Gasteiger partial charge in [0, 0.05) is 19.4 Å². The molecule has 5 heteroatoms. The van der Waals surface area contributed by atoms with Crippen molar-refractivity contribution in [2.24, 2.45) is 11.1 Å². The zero-order valence-electron chi connectivity index (χ0n) is 13.5. The number of rotatable bonds is 6. The fraction of sp³-hybridized carbons (Fsp3) is 0.444. The van der Waals surface area contributed by atoms with Gasteiger partial charge in [0.2, 0.25) is 0 Å². The largest absolute Gasteiger partial charge is 0.353 e. The molecule has 1 saturated carbocycles. The number of hydrogen-bond donors (Lipinski definition) is 0. The van der Waals surface area contributed by atoms with Crippen LogP contribution in [-0.4, -0.2) is 23.6 Å². The summed E-state index contributed by atoms with van der Waals surface area (Å²) in [6.45, 7) is 0.415. The second kappa shape index (κ2) is 7.42. The maximum absolute atomic E-state index is 10.6. The van der Waals surface area contributed by atoms with Crippen LogP contribution in [-0.2, 0) is 4.74 Å². The Balaban J connectivity index is 1.71. The summed E-state index contributed by atoms with van der Waals surface area (Å²) in [6, 6.07) is 10.4. The smallest absolute Gasteiger partial charge is 0.136 e. The van der Waals surface area contributed by atoms with Crippen molar-refractivity contribution in [1.29, 1.82) is 0 Å². The van der Waals surface area contributed by atoms with Gasteiger partial charge in [-0.3, -0.25) is 0 Å². The highest BCUT2D eigenvalue weighted by molar-refractivity contribution is 5.19. The van der Waals surface area contributed by atoms with Crippen LogP contribution < -0.4 is 0 Å². The Morgan fingerprint density at radius 3 is 2.70 bits per heavy atom. The van der Waals surface area contributed by atoms with Crippen LogP contribution >= 0.6 is 0 Å². The lowest BCUT2D eigenvalue weighted by molar-refractivity contribution is -0.0284. The first-order valence-corrected chi connectivity index (χ1v) is 8.16. The van der Waals surface area contributed by atoms with E-state index in [1.807, 2.05) is 35.3 Å². The molecule has 1 atom stereocenters. The van der Waals surface area contributed by atoms with Crippen molar-refractivity contribution in [3.63, 3.8) is 0 Å². The minimum absolute atomic E-state index is 0.100. The third-order valence-corrected chi connectivity index (χ3v) is 4.64. The quantitative estimate of drug-likeness (QED) is 0.739. The normalized spacial score (nSPS) is 21.3. The molecule has 1 heterocycles. The standard InChI is InChI=1S/C18H23N3O2/c1-20-11-12-21(17(20)13-19-22)14-23-18(16-9-5-6-10-16)15-7-3-2-4-8-15/h2-4,7-8,11-13,16,18H,5-6,9-10,14H2,1H3/b17-13-. The number of ether oxygens (including phenoxy) is 1. The predicted molar refractivity (Wildman–Crippen MR) is 89.7 cm³/mol. The van der Waals surface area contributed by atoms with Gasteiger partial charge in [-0.2, -0.15) is 0 Å². The Hall–Kier alpha value is -2.14. The number of nitroso groups, excluding NO2 is 1. The van der Waals surface area contributed by atoms with Gasteiger partial charge in [0.25, 0.3) is 0 Å². The molecule has 0 bridgehead atoms. The Bertz CT molecular complexity index is 579. The van der Waals surface area contributed by atoms with Crippen LogP contribution in [0, 0.1) is 10.8 Å². The Morgan fingerprint density at radius 1 is 1.26 bits per heavy atom. The fourth-order valence-corrected chi connectivity index (χ4v) is 3.43. The molecule has 5 nitrogen and oxygen atoms in total. The summed E-state index contributed by atoms with van der Waals surface area (Å²) < 4.78 is 6.28. The van der Waals surface area contributed by atoms with Gasteiger partial charge in [-0.05, 0) is 29.5 Å². The van der Waals surface area contributed by atoms with E-state index in [1.165, 1.54) is 37.4 Å². The lowest BCUT2D eigenvalue weighted by Gasteiger charge is -2.28. The van der Waals surface area contributed by atoms with Gasteiger partial charge in [0.1, 0.15) is 18.8 Å². The van der Waals surface area contributed by atoms with Crippen molar-refractivity contribution < 1.29 is 4.74 Å². The third-order valence-electron chi connectivity index (χ3n) is 4.64. The van der Waals surface area contributed by atoms with Gasteiger partial charge in [-0.25, -0.2) is 0 Å². The molecule has 122 valence electrons. The highest BCUT2D eigenvalue weighted by Crippen LogP contribution is 2.38. The molecule has 0 N–H and O–H groups in total. The molecule has 0 aromatic heterocycles. The van der Waals surface area contributed by atoms with Gasteiger partial charge in [-0.1, -0.05) is 43.2 Å². The minimum Gasteiger partial charge on any atom is -0.353 e. The van der Waals surface area contributed by atoms with Crippen LogP contribution in [0.3, 0.4) is 0 Å². The monoisotopic (exact) mass is 313 g/mol. The summed E-state index contributed by atoms with van der Waals surface area (Å²) in [5, 5.41) is 2.89. The van der Waals surface area contributed by atoms with E-state index in [-0.39, 0.29) is 6.10 Å². The van der Waals surface area contributed by atoms with Gasteiger partial charge in [-0.15, -0.1) is 4.91 Å². The van der Waals surface area contributed by atoms with Crippen molar-refractivity contribution >= 4 is 0 Å². The van der Waals surface area contributed by atoms with Gasteiger partial charge < -0.3 is 14.5 Å². The maximum Gasteiger partial charge on any atom is 0.136 e. The van der Waals surface area contributed by atoms with E-state index >= 15 is 0 Å². The summed E-state index contributed by atoms with van der Waals surface area (Å²) in [6.07, 6.45) is 10.2. The average molecular weight is 313 g/mol. The summed E-state index contributed by atoms with van der Waals surface area (Å²) >= 11 is 0. The molecule has 1 fully saturated rings. The first kappa shape index (κ1) is 15.7. The highest BCUT2D eigenvalue weighted by Gasteiger charge is 2.28. The first-order valence-electron chi connectivity index (χ1n) is 8.16. The third kappa shape index (κ3) is 3.62. The molecule has 3 rings (SSSR count). The number of hydrogen-bond acceptors (Lipinski definition) is 5. The van der Waals surface area contributed by atoms with Crippen LogP contribution in [0.15, 0.2) is 59.9 Å². The van der Waals surface area contributed by atoms with E-state index in [0.29, 0.717) is 12.6 Å². The lowest BCUT2D eigenvalue weighted by atomic mass is 9.94. The zero-order chi connectivity index (χ0) is 16.1. The summed E-state index contributed by atoms with van der Waals surface area (Å²) in [5.74, 6) is 1.30. The summed E-state index contributed by atoms with van der Waals surface area (Å²) in [4.78, 5) is 14.3. The SMILES string of the molecule is CN1C=CN(COC(c2ccccc2)C2CCCC2)/C1=C\N=O. The molecule has 1 aromatic carbocycles. The first-order chi connectivity index (χ1) is 11.3. The van der Waals surface area contributed by atoms with Crippen molar-refractivity contribution in [2.75, 3.05) is 13.8 Å². The lowest BCUT2D eigenvalue weighted by Crippen LogP contribution is -2.25. The topological polar surface area (TPSA) is 45.1 Å². The van der Waals surface area contributed by atoms with Crippen molar-refractivity contribution in [3.05, 3.63) is 65.2 Å². The van der Waals surface area contributed by atoms with E-state index in [0.717, 1.165) is 5.82 Å². The van der Waals surface area contributed by atoms with Crippen molar-refractivity contribution in [3.8, 4) is 0 Å². The maximum atomic E-state index is 10.6. The van der Waals surface area contributed by atoms with E-state index < -0.39 is 0 Å². The highest BCUT2D eigenvalue weighted by atomic mass is 16.5. The van der Waals surface area contributed by atoms with Crippen molar-refractivity contribution in [2.45, 2.75) is 31.8 Å². The molecule has 0 amide bonds. The molecule has 23 heavy (non-hydrogen) atoms. The van der Waals surface area contributed by atoms with E-state index in [9.17, 15) is 4.91 Å². The molecule has 1 unspecified atom stereocenters. The van der Waals surface area contributed by atoms with Gasteiger partial charge in [0.05, 0.1) is 6.10 Å². The van der Waals surface area contributed by atoms with E-state index in [2.05, 4.69) is 29.4 Å². The summed E-state index contributed by atoms with van der Waals surface area (Å²) in [5.41, 5.74) is 1.23. The second-order valence-corrected chi connectivity index (χ2v) is 6.14. The number of nitrogens with zero attached hydrogens (tertiary/aromatic N) is 3. The molecule has 2 aliphatic rings. The zero-order valence-corrected chi connectivity index (χ0v) is 13.5.